The smallest absolute Gasteiger partial charge is 0.178 e. The molecule has 0 saturated carbocycles. The van der Waals surface area contributed by atoms with Crippen LogP contribution in [0.5, 0.6) is 0 Å². The number of fused-ring (bicyclic) bond motifs is 1. The van der Waals surface area contributed by atoms with Crippen molar-refractivity contribution in [1.82, 2.24) is 4.72 Å². The number of benzene rings is 1. The van der Waals surface area contributed by atoms with E-state index in [1.54, 1.807) is 10.5 Å². The Morgan fingerprint density at radius 2 is 1.74 bits per heavy atom. The molecule has 2 nitrogen and oxygen atoms in total. The molecule has 0 aliphatic carbocycles. The van der Waals surface area contributed by atoms with E-state index < -0.39 is 0 Å². The van der Waals surface area contributed by atoms with Crippen LogP contribution in [-0.4, -0.2) is 18.8 Å². The molecule has 0 spiro atoms. The number of rotatable bonds is 8. The van der Waals surface area contributed by atoms with Crippen LogP contribution < -0.4 is 10.5 Å². The summed E-state index contributed by atoms with van der Waals surface area (Å²) in [5.41, 5.74) is 7.07. The Bertz CT molecular complexity index is 368. The van der Waals surface area contributed by atoms with E-state index >= 15 is 0 Å². The van der Waals surface area contributed by atoms with Crippen LogP contribution in [0.1, 0.15) is 44.1 Å². The maximum atomic E-state index is 5.50. The van der Waals surface area contributed by atoms with Crippen LogP contribution in [0, 0.1) is 0 Å². The highest BCUT2D eigenvalue weighted by atomic mass is 32.2. The minimum absolute atomic E-state index is 0.302. The van der Waals surface area contributed by atoms with Gasteiger partial charge in [-0.15, -0.1) is 4.72 Å². The Kier molecular flexibility index (Phi) is 6.75. The molecule has 19 heavy (non-hydrogen) atoms. The summed E-state index contributed by atoms with van der Waals surface area (Å²) in [6.07, 6.45) is 9.15. The summed E-state index contributed by atoms with van der Waals surface area (Å²) in [5.74, 6) is 1.31. The summed E-state index contributed by atoms with van der Waals surface area (Å²) in [7, 11) is 0. The molecule has 1 aliphatic rings. The lowest BCUT2D eigenvalue weighted by atomic mass is 10.1. The van der Waals surface area contributed by atoms with Crippen molar-refractivity contribution in [3.05, 3.63) is 29.8 Å². The molecule has 2 rings (SSSR count). The van der Waals surface area contributed by atoms with Gasteiger partial charge in [-0.2, -0.15) is 0 Å². The van der Waals surface area contributed by atoms with Crippen molar-refractivity contribution in [1.29, 1.82) is 0 Å². The van der Waals surface area contributed by atoms with Crippen molar-refractivity contribution in [3.63, 3.8) is 0 Å². The molecule has 1 aromatic rings. The lowest BCUT2D eigenvalue weighted by molar-refractivity contribution is 0.613. The standard InChI is InChI=1S/C16H27N2S/c17-12-7-3-1-2-4-8-14-19-16-10-6-5-9-15(16)11-13-18-19/h5-6,9-10,18H,1-4,7-8,11-14,17H2/q+1. The van der Waals surface area contributed by atoms with Crippen LogP contribution >= 0.6 is 0 Å². The number of hydrogen-bond acceptors (Lipinski definition) is 2. The van der Waals surface area contributed by atoms with Gasteiger partial charge in [0, 0.05) is 12.1 Å². The van der Waals surface area contributed by atoms with Crippen molar-refractivity contribution in [2.75, 3.05) is 18.8 Å². The minimum Gasteiger partial charge on any atom is -0.330 e. The first-order valence-corrected chi connectivity index (χ1v) is 9.03. The molecule has 0 saturated heterocycles. The van der Waals surface area contributed by atoms with Gasteiger partial charge < -0.3 is 5.73 Å². The highest BCUT2D eigenvalue weighted by molar-refractivity contribution is 7.95. The minimum atomic E-state index is 0.302. The van der Waals surface area contributed by atoms with Gasteiger partial charge in [-0.1, -0.05) is 37.5 Å². The molecule has 0 radical (unpaired) electrons. The molecule has 106 valence electrons. The van der Waals surface area contributed by atoms with E-state index in [0.29, 0.717) is 11.1 Å². The van der Waals surface area contributed by atoms with Crippen molar-refractivity contribution in [3.8, 4) is 0 Å². The maximum Gasteiger partial charge on any atom is 0.178 e. The summed E-state index contributed by atoms with van der Waals surface area (Å²) < 4.78 is 3.70. The van der Waals surface area contributed by atoms with E-state index in [0.717, 1.165) is 13.1 Å². The van der Waals surface area contributed by atoms with Gasteiger partial charge in [0.2, 0.25) is 0 Å². The predicted molar refractivity (Wildman–Crippen MR) is 85.4 cm³/mol. The largest absolute Gasteiger partial charge is 0.330 e. The van der Waals surface area contributed by atoms with Gasteiger partial charge >= 0.3 is 0 Å². The first kappa shape index (κ1) is 14.9. The van der Waals surface area contributed by atoms with Gasteiger partial charge in [0.15, 0.2) is 4.90 Å². The second-order valence-electron chi connectivity index (χ2n) is 5.26. The number of nitrogens with one attached hydrogen (secondary N) is 1. The second kappa shape index (κ2) is 8.62. The molecule has 1 aromatic carbocycles. The van der Waals surface area contributed by atoms with Crippen LogP contribution in [0.4, 0.5) is 0 Å². The van der Waals surface area contributed by atoms with Crippen molar-refractivity contribution in [2.24, 2.45) is 5.73 Å². The van der Waals surface area contributed by atoms with Gasteiger partial charge in [0.05, 0.1) is 0 Å². The third-order valence-electron chi connectivity index (χ3n) is 3.71. The maximum absolute atomic E-state index is 5.50. The Morgan fingerprint density at radius 1 is 1.00 bits per heavy atom. The predicted octanol–water partition coefficient (Wildman–Crippen LogP) is 3.02. The summed E-state index contributed by atoms with van der Waals surface area (Å²) in [4.78, 5) is 1.57. The Balaban J connectivity index is 1.67. The molecule has 1 aliphatic heterocycles. The highest BCUT2D eigenvalue weighted by Crippen LogP contribution is 2.22. The number of hydrogen-bond donors (Lipinski definition) is 2. The molecule has 0 aromatic heterocycles. The van der Waals surface area contributed by atoms with Crippen LogP contribution in [0.25, 0.3) is 0 Å². The topological polar surface area (TPSA) is 38.0 Å². The summed E-state index contributed by atoms with van der Waals surface area (Å²) in [6.45, 7) is 2.00. The van der Waals surface area contributed by atoms with E-state index in [-0.39, 0.29) is 0 Å². The van der Waals surface area contributed by atoms with Gasteiger partial charge in [0.25, 0.3) is 0 Å². The average molecular weight is 279 g/mol. The van der Waals surface area contributed by atoms with Crippen molar-refractivity contribution < 1.29 is 0 Å². The third-order valence-corrected chi connectivity index (χ3v) is 5.89. The number of unbranched alkanes of at least 4 members (excludes halogenated alkanes) is 5. The summed E-state index contributed by atoms with van der Waals surface area (Å²) in [5, 5.41) is 0. The Morgan fingerprint density at radius 3 is 2.58 bits per heavy atom. The highest BCUT2D eigenvalue weighted by Gasteiger charge is 2.28. The Hall–Kier alpha value is -0.510. The van der Waals surface area contributed by atoms with E-state index in [2.05, 4.69) is 29.0 Å². The first-order valence-electron chi connectivity index (χ1n) is 7.64. The lowest BCUT2D eigenvalue weighted by Gasteiger charge is -2.17. The lowest BCUT2D eigenvalue weighted by Crippen LogP contribution is -2.34. The van der Waals surface area contributed by atoms with Gasteiger partial charge in [-0.05, 0) is 38.3 Å². The van der Waals surface area contributed by atoms with E-state index in [9.17, 15) is 0 Å². The molecular formula is C16H27N2S+. The van der Waals surface area contributed by atoms with E-state index in [1.165, 1.54) is 50.7 Å². The molecular weight excluding hydrogens is 252 g/mol. The molecule has 1 heterocycles. The van der Waals surface area contributed by atoms with Crippen LogP contribution in [0.2, 0.25) is 0 Å². The zero-order valence-electron chi connectivity index (χ0n) is 11.9. The summed E-state index contributed by atoms with van der Waals surface area (Å²) in [6, 6.07) is 8.95. The third kappa shape index (κ3) is 4.83. The van der Waals surface area contributed by atoms with Crippen LogP contribution in [0.3, 0.4) is 0 Å². The molecule has 1 atom stereocenters. The van der Waals surface area contributed by atoms with Gasteiger partial charge in [-0.3, -0.25) is 0 Å². The van der Waals surface area contributed by atoms with Crippen LogP contribution in [-0.2, 0) is 17.5 Å². The summed E-state index contributed by atoms with van der Waals surface area (Å²) >= 11 is 0.302. The van der Waals surface area contributed by atoms with Gasteiger partial charge in [0.1, 0.15) is 16.8 Å². The molecule has 1 unspecified atom stereocenters. The molecule has 0 bridgehead atoms. The molecule has 0 amide bonds. The van der Waals surface area contributed by atoms with Crippen molar-refractivity contribution >= 4 is 11.1 Å². The molecule has 3 heteroatoms. The fraction of sp³-hybridized carbons (Fsp3) is 0.625. The fourth-order valence-corrected chi connectivity index (χ4v) is 4.71. The average Bonchev–Trinajstić information content (AvgIpc) is 2.46. The monoisotopic (exact) mass is 279 g/mol. The zero-order valence-corrected chi connectivity index (χ0v) is 12.7. The normalized spacial score (nSPS) is 18.3. The van der Waals surface area contributed by atoms with E-state index in [4.69, 9.17) is 5.73 Å². The Labute approximate surface area is 120 Å². The first-order chi connectivity index (χ1) is 9.42. The quantitative estimate of drug-likeness (QED) is 0.567. The van der Waals surface area contributed by atoms with Crippen molar-refractivity contribution in [2.45, 2.75) is 49.8 Å². The number of nitrogens with two attached hydrogens (primary N) is 1. The van der Waals surface area contributed by atoms with E-state index in [1.807, 2.05) is 0 Å². The fourth-order valence-electron chi connectivity index (χ4n) is 2.62. The molecule has 0 fully saturated rings. The second-order valence-corrected chi connectivity index (χ2v) is 7.18. The molecule has 3 N–H and O–H groups in total. The van der Waals surface area contributed by atoms with Gasteiger partial charge in [-0.25, -0.2) is 0 Å². The van der Waals surface area contributed by atoms with Crippen LogP contribution in [0.15, 0.2) is 29.2 Å². The zero-order chi connectivity index (χ0) is 13.3. The SMILES string of the molecule is NCCCCCCCC[S+]1NCCc2ccccc21.